The molecule has 0 saturated carbocycles. The number of hydrogen-bond donors (Lipinski definition) is 1. The van der Waals surface area contributed by atoms with Crippen molar-refractivity contribution in [2.75, 3.05) is 31.4 Å². The minimum absolute atomic E-state index is 0.0571. The van der Waals surface area contributed by atoms with Gasteiger partial charge in [0, 0.05) is 13.1 Å². The van der Waals surface area contributed by atoms with Crippen LogP contribution >= 0.6 is 10.9 Å². The quantitative estimate of drug-likeness (QED) is 0.752. The molecule has 0 aromatic heterocycles. The maximum Gasteiger partial charge on any atom is 0.522 e. The van der Waals surface area contributed by atoms with Crippen molar-refractivity contribution in [2.45, 2.75) is 12.5 Å². The van der Waals surface area contributed by atoms with Gasteiger partial charge < -0.3 is 4.90 Å². The highest BCUT2D eigenvalue weighted by Crippen LogP contribution is 2.24. The van der Waals surface area contributed by atoms with Crippen LogP contribution in [0.5, 0.6) is 0 Å². The normalized spacial score (nSPS) is 18.7. The van der Waals surface area contributed by atoms with Gasteiger partial charge >= 0.3 is 6.36 Å². The Morgan fingerprint density at radius 3 is 2.40 bits per heavy atom. The standard InChI is InChI=1S/C8H14F3NO2S/c1-15(2)5-7(13)12-3-6(4-12)14-8(9,10)11/h6,15H,3-5H2,1-2H3. The van der Waals surface area contributed by atoms with Crippen LogP contribution in [0, 0.1) is 0 Å². The maximum atomic E-state index is 11.7. The molecule has 0 unspecified atom stereocenters. The van der Waals surface area contributed by atoms with E-state index in [-0.39, 0.29) is 29.9 Å². The molecule has 1 rings (SSSR count). The molecule has 0 radical (unpaired) electrons. The third-order valence-corrected chi connectivity index (χ3v) is 2.86. The van der Waals surface area contributed by atoms with E-state index in [1.807, 2.05) is 12.5 Å². The molecule has 7 heteroatoms. The van der Waals surface area contributed by atoms with E-state index < -0.39 is 12.5 Å². The second-order valence-corrected chi connectivity index (χ2v) is 6.20. The van der Waals surface area contributed by atoms with Crippen molar-refractivity contribution < 1.29 is 22.7 Å². The molecular formula is C8H14F3NO2S. The van der Waals surface area contributed by atoms with Crippen molar-refractivity contribution in [2.24, 2.45) is 0 Å². The zero-order valence-corrected chi connectivity index (χ0v) is 9.44. The number of halogens is 3. The predicted molar refractivity (Wildman–Crippen MR) is 53.2 cm³/mol. The van der Waals surface area contributed by atoms with E-state index in [0.29, 0.717) is 5.75 Å². The van der Waals surface area contributed by atoms with Crippen LogP contribution in [0.25, 0.3) is 0 Å². The summed E-state index contributed by atoms with van der Waals surface area (Å²) >= 11 is 0. The van der Waals surface area contributed by atoms with Gasteiger partial charge in [-0.2, -0.15) is 0 Å². The summed E-state index contributed by atoms with van der Waals surface area (Å²) in [6.07, 6.45) is -1.57. The van der Waals surface area contributed by atoms with Crippen LogP contribution in [0.15, 0.2) is 0 Å². The van der Waals surface area contributed by atoms with Crippen LogP contribution in [0.4, 0.5) is 13.2 Å². The fourth-order valence-electron chi connectivity index (χ4n) is 1.28. The van der Waals surface area contributed by atoms with Gasteiger partial charge in [-0.3, -0.25) is 20.4 Å². The summed E-state index contributed by atoms with van der Waals surface area (Å²) in [5.74, 6) is 0.363. The number of alkyl halides is 3. The highest BCUT2D eigenvalue weighted by Gasteiger charge is 2.40. The predicted octanol–water partition coefficient (Wildman–Crippen LogP) is 0.994. The summed E-state index contributed by atoms with van der Waals surface area (Å²) in [5, 5.41) is 0. The topological polar surface area (TPSA) is 29.5 Å². The van der Waals surface area contributed by atoms with E-state index in [0.717, 1.165) is 0 Å². The Hall–Kier alpha value is -0.430. The number of ether oxygens (including phenoxy) is 1. The van der Waals surface area contributed by atoms with Gasteiger partial charge in [0.2, 0.25) is 5.91 Å². The minimum Gasteiger partial charge on any atom is -0.337 e. The molecule has 0 bridgehead atoms. The third kappa shape index (κ3) is 4.29. The lowest BCUT2D eigenvalue weighted by Gasteiger charge is -2.39. The van der Waals surface area contributed by atoms with Crippen molar-refractivity contribution >= 4 is 16.8 Å². The molecule has 0 N–H and O–H groups in total. The summed E-state index contributed by atoms with van der Waals surface area (Å²) in [4.78, 5) is 12.8. The summed E-state index contributed by atoms with van der Waals surface area (Å²) in [6.45, 7) is 0.114. The number of carbonyl (C=O) groups is 1. The van der Waals surface area contributed by atoms with E-state index in [1.165, 1.54) is 4.90 Å². The Morgan fingerprint density at radius 1 is 1.47 bits per heavy atom. The number of amides is 1. The van der Waals surface area contributed by atoms with Crippen molar-refractivity contribution in [1.82, 2.24) is 4.90 Å². The largest absolute Gasteiger partial charge is 0.522 e. The number of hydrogen-bond acceptors (Lipinski definition) is 2. The molecule has 15 heavy (non-hydrogen) atoms. The first-order valence-corrected chi connectivity index (χ1v) is 6.87. The Kier molecular flexibility index (Phi) is 3.88. The van der Waals surface area contributed by atoms with Gasteiger partial charge in [-0.05, 0) is 12.5 Å². The second-order valence-electron chi connectivity index (χ2n) is 3.72. The molecule has 1 aliphatic rings. The molecule has 1 amide bonds. The van der Waals surface area contributed by atoms with Gasteiger partial charge in [0.15, 0.2) is 0 Å². The lowest BCUT2D eigenvalue weighted by molar-refractivity contribution is -0.353. The molecule has 90 valence electrons. The zero-order valence-electron chi connectivity index (χ0n) is 8.54. The zero-order chi connectivity index (χ0) is 11.6. The van der Waals surface area contributed by atoms with Gasteiger partial charge in [-0.25, -0.2) is 0 Å². The average Bonchev–Trinajstić information content (AvgIpc) is 1.91. The Morgan fingerprint density at radius 2 is 2.00 bits per heavy atom. The first kappa shape index (κ1) is 12.6. The number of rotatable bonds is 3. The molecular weight excluding hydrogens is 231 g/mol. The molecule has 3 nitrogen and oxygen atoms in total. The maximum absolute atomic E-state index is 11.7. The molecule has 0 aromatic carbocycles. The molecule has 0 aromatic rings. The summed E-state index contributed by atoms with van der Waals surface area (Å²) in [6, 6.07) is 0. The van der Waals surface area contributed by atoms with Gasteiger partial charge in [0.25, 0.3) is 0 Å². The molecule has 1 aliphatic heterocycles. The number of nitrogens with zero attached hydrogens (tertiary/aromatic N) is 1. The van der Waals surface area contributed by atoms with Gasteiger partial charge in [-0.15, -0.1) is 13.2 Å². The van der Waals surface area contributed by atoms with Gasteiger partial charge in [-0.1, -0.05) is 0 Å². The van der Waals surface area contributed by atoms with Crippen molar-refractivity contribution in [3.8, 4) is 0 Å². The highest BCUT2D eigenvalue weighted by atomic mass is 32.2. The Balaban J connectivity index is 2.23. The molecule has 0 atom stereocenters. The molecule has 0 aliphatic carbocycles. The summed E-state index contributed by atoms with van der Waals surface area (Å²) < 4.78 is 39.0. The van der Waals surface area contributed by atoms with Crippen LogP contribution in [-0.4, -0.2) is 54.6 Å². The molecule has 0 spiro atoms. The number of thiol groups is 1. The van der Waals surface area contributed by atoms with Crippen LogP contribution < -0.4 is 0 Å². The average molecular weight is 245 g/mol. The smallest absolute Gasteiger partial charge is 0.337 e. The third-order valence-electron chi connectivity index (χ3n) is 1.95. The molecule has 1 fully saturated rings. The van der Waals surface area contributed by atoms with E-state index >= 15 is 0 Å². The lowest BCUT2D eigenvalue weighted by atomic mass is 10.2. The van der Waals surface area contributed by atoms with Crippen LogP contribution in [-0.2, 0) is 9.53 Å². The van der Waals surface area contributed by atoms with Crippen LogP contribution in [0.3, 0.4) is 0 Å². The molecule has 1 saturated heterocycles. The monoisotopic (exact) mass is 245 g/mol. The Bertz CT molecular complexity index is 239. The lowest BCUT2D eigenvalue weighted by Crippen LogP contribution is -2.56. The van der Waals surface area contributed by atoms with Crippen molar-refractivity contribution in [1.29, 1.82) is 0 Å². The first-order valence-electron chi connectivity index (χ1n) is 4.45. The second kappa shape index (κ2) is 4.61. The SMILES string of the molecule is C[SH](C)CC(=O)N1CC(OC(F)(F)F)C1. The molecule has 1 heterocycles. The van der Waals surface area contributed by atoms with Crippen molar-refractivity contribution in [3.63, 3.8) is 0 Å². The fourth-order valence-corrected chi connectivity index (χ4v) is 2.02. The van der Waals surface area contributed by atoms with E-state index in [9.17, 15) is 18.0 Å². The minimum atomic E-state index is -4.60. The Labute approximate surface area is 88.9 Å². The van der Waals surface area contributed by atoms with Crippen molar-refractivity contribution in [3.05, 3.63) is 0 Å². The highest BCUT2D eigenvalue weighted by molar-refractivity contribution is 8.16. The van der Waals surface area contributed by atoms with E-state index in [2.05, 4.69) is 4.74 Å². The van der Waals surface area contributed by atoms with E-state index in [4.69, 9.17) is 0 Å². The van der Waals surface area contributed by atoms with Crippen LogP contribution in [0.1, 0.15) is 0 Å². The number of likely N-dealkylation sites (tertiary alicyclic amines) is 1. The summed E-state index contributed by atoms with van der Waals surface area (Å²) in [7, 11) is -0.340. The fraction of sp³-hybridized carbons (Fsp3) is 0.875. The van der Waals surface area contributed by atoms with Crippen LogP contribution in [0.2, 0.25) is 0 Å². The first-order chi connectivity index (χ1) is 6.78. The van der Waals surface area contributed by atoms with Gasteiger partial charge in [0.05, 0.1) is 5.75 Å². The summed E-state index contributed by atoms with van der Waals surface area (Å²) in [5.41, 5.74) is 0. The van der Waals surface area contributed by atoms with Gasteiger partial charge in [0.1, 0.15) is 6.10 Å². The van der Waals surface area contributed by atoms with E-state index in [1.54, 1.807) is 0 Å². The number of carbonyl (C=O) groups excluding carboxylic acids is 1.